The molecule has 0 radical (unpaired) electrons. The molecule has 0 spiro atoms. The highest BCUT2D eigenvalue weighted by molar-refractivity contribution is 4.97. The third kappa shape index (κ3) is 2.18. The Bertz CT molecular complexity index is 411. The van der Waals surface area contributed by atoms with Crippen molar-refractivity contribution >= 4 is 0 Å². The molecule has 1 N–H and O–H groups in total. The van der Waals surface area contributed by atoms with Gasteiger partial charge in [0.15, 0.2) is 0 Å². The molecule has 1 aliphatic carbocycles. The molecule has 1 aromatic heterocycles. The van der Waals surface area contributed by atoms with Crippen molar-refractivity contribution < 1.29 is 0 Å². The number of hydrogen-bond acceptors (Lipinski definition) is 3. The lowest BCUT2D eigenvalue weighted by molar-refractivity contribution is 0.292. The molecule has 1 aromatic rings. The summed E-state index contributed by atoms with van der Waals surface area (Å²) in [6.45, 7) is 1.15. The molecule has 4 nitrogen and oxygen atoms in total. The van der Waals surface area contributed by atoms with Crippen molar-refractivity contribution in [1.82, 2.24) is 20.1 Å². The van der Waals surface area contributed by atoms with Gasteiger partial charge in [0.2, 0.25) is 0 Å². The van der Waals surface area contributed by atoms with E-state index in [2.05, 4.69) is 20.1 Å². The summed E-state index contributed by atoms with van der Waals surface area (Å²) in [5.41, 5.74) is 0. The second-order valence-electron chi connectivity index (χ2n) is 6.52. The molecule has 2 atom stereocenters. The maximum Gasteiger partial charge on any atom is 0.133 e. The van der Waals surface area contributed by atoms with Crippen molar-refractivity contribution in [3.05, 3.63) is 12.2 Å². The molecular formula is C14H22N4. The monoisotopic (exact) mass is 246 g/mol. The molecule has 2 saturated heterocycles. The molecule has 4 heteroatoms. The Kier molecular flexibility index (Phi) is 2.64. The van der Waals surface area contributed by atoms with Crippen LogP contribution in [0.4, 0.5) is 0 Å². The topological polar surface area (TPSA) is 42.7 Å². The lowest BCUT2D eigenvalue weighted by Gasteiger charge is -2.28. The fourth-order valence-corrected chi connectivity index (χ4v) is 3.77. The van der Waals surface area contributed by atoms with Gasteiger partial charge in [-0.1, -0.05) is 0 Å². The Morgan fingerprint density at radius 2 is 1.89 bits per heavy atom. The van der Waals surface area contributed by atoms with Gasteiger partial charge in [-0.05, 0) is 50.4 Å². The number of fused-ring (bicyclic) bond motifs is 2. The fraction of sp³-hybridized carbons (Fsp3) is 0.857. The summed E-state index contributed by atoms with van der Waals surface area (Å²) in [7, 11) is 0. The molecule has 4 rings (SSSR count). The van der Waals surface area contributed by atoms with E-state index in [0.717, 1.165) is 36.9 Å². The van der Waals surface area contributed by atoms with Crippen LogP contribution in [0.5, 0.6) is 0 Å². The largest absolute Gasteiger partial charge is 0.317 e. The highest BCUT2D eigenvalue weighted by Crippen LogP contribution is 2.34. The van der Waals surface area contributed by atoms with Crippen LogP contribution in [-0.2, 0) is 13.0 Å². The van der Waals surface area contributed by atoms with Gasteiger partial charge < -0.3 is 9.88 Å². The number of piperidine rings is 1. The number of aromatic nitrogens is 3. The van der Waals surface area contributed by atoms with Crippen molar-refractivity contribution in [2.45, 2.75) is 63.6 Å². The predicted octanol–water partition coefficient (Wildman–Crippen LogP) is 1.76. The smallest absolute Gasteiger partial charge is 0.133 e. The Labute approximate surface area is 108 Å². The Balaban J connectivity index is 1.42. The number of rotatable bonds is 4. The zero-order valence-corrected chi connectivity index (χ0v) is 10.9. The maximum atomic E-state index is 4.35. The van der Waals surface area contributed by atoms with E-state index in [1.165, 1.54) is 44.3 Å². The summed E-state index contributed by atoms with van der Waals surface area (Å²) in [5, 5.41) is 12.2. The summed E-state index contributed by atoms with van der Waals surface area (Å²) < 4.78 is 2.31. The SMILES string of the molecule is c1nnc(CC2CC3CCC(C2)N3)n1CC1CC1. The molecule has 98 valence electrons. The Morgan fingerprint density at radius 1 is 1.11 bits per heavy atom. The highest BCUT2D eigenvalue weighted by atomic mass is 15.3. The molecule has 0 amide bonds. The van der Waals surface area contributed by atoms with Gasteiger partial charge in [0.05, 0.1) is 0 Å². The van der Waals surface area contributed by atoms with E-state index in [-0.39, 0.29) is 0 Å². The average molecular weight is 246 g/mol. The van der Waals surface area contributed by atoms with Crippen LogP contribution in [0.25, 0.3) is 0 Å². The summed E-state index contributed by atoms with van der Waals surface area (Å²) >= 11 is 0. The van der Waals surface area contributed by atoms with Crippen molar-refractivity contribution in [3.8, 4) is 0 Å². The predicted molar refractivity (Wildman–Crippen MR) is 69.1 cm³/mol. The quantitative estimate of drug-likeness (QED) is 0.880. The van der Waals surface area contributed by atoms with E-state index < -0.39 is 0 Å². The summed E-state index contributed by atoms with van der Waals surface area (Å²) in [6.07, 6.45) is 11.3. The first-order valence-corrected chi connectivity index (χ1v) is 7.49. The molecule has 3 fully saturated rings. The molecule has 2 unspecified atom stereocenters. The lowest BCUT2D eigenvalue weighted by atomic mass is 9.89. The van der Waals surface area contributed by atoms with Gasteiger partial charge >= 0.3 is 0 Å². The molecule has 3 aliphatic rings. The van der Waals surface area contributed by atoms with Crippen LogP contribution >= 0.6 is 0 Å². The van der Waals surface area contributed by atoms with Crippen LogP contribution in [0, 0.1) is 11.8 Å². The van der Waals surface area contributed by atoms with Crippen LogP contribution < -0.4 is 5.32 Å². The van der Waals surface area contributed by atoms with E-state index >= 15 is 0 Å². The summed E-state index contributed by atoms with van der Waals surface area (Å²) in [4.78, 5) is 0. The van der Waals surface area contributed by atoms with Crippen LogP contribution in [0.2, 0.25) is 0 Å². The molecule has 2 bridgehead atoms. The van der Waals surface area contributed by atoms with Gasteiger partial charge in [-0.3, -0.25) is 0 Å². The minimum absolute atomic E-state index is 0.786. The first-order valence-electron chi connectivity index (χ1n) is 7.49. The zero-order valence-electron chi connectivity index (χ0n) is 10.9. The van der Waals surface area contributed by atoms with Crippen LogP contribution in [0.3, 0.4) is 0 Å². The third-order valence-electron chi connectivity index (χ3n) is 4.89. The van der Waals surface area contributed by atoms with Crippen molar-refractivity contribution in [2.75, 3.05) is 0 Å². The van der Waals surface area contributed by atoms with Gasteiger partial charge in [-0.2, -0.15) is 0 Å². The summed E-state index contributed by atoms with van der Waals surface area (Å²) in [5.74, 6) is 2.96. The Morgan fingerprint density at radius 3 is 2.61 bits per heavy atom. The Hall–Kier alpha value is -0.900. The first-order chi connectivity index (χ1) is 8.87. The third-order valence-corrected chi connectivity index (χ3v) is 4.89. The molecular weight excluding hydrogens is 224 g/mol. The molecule has 0 aromatic carbocycles. The maximum absolute atomic E-state index is 4.35. The van der Waals surface area contributed by atoms with Gasteiger partial charge in [0.1, 0.15) is 12.2 Å². The van der Waals surface area contributed by atoms with Gasteiger partial charge in [-0.15, -0.1) is 10.2 Å². The molecule has 18 heavy (non-hydrogen) atoms. The van der Waals surface area contributed by atoms with Crippen LogP contribution in [-0.4, -0.2) is 26.8 Å². The normalized spacial score (nSPS) is 35.0. The van der Waals surface area contributed by atoms with Gasteiger partial charge in [0.25, 0.3) is 0 Å². The number of nitrogens with zero attached hydrogens (tertiary/aromatic N) is 3. The lowest BCUT2D eigenvalue weighted by Crippen LogP contribution is -2.38. The molecule has 1 saturated carbocycles. The highest BCUT2D eigenvalue weighted by Gasteiger charge is 2.34. The second-order valence-corrected chi connectivity index (χ2v) is 6.52. The van der Waals surface area contributed by atoms with Crippen molar-refractivity contribution in [3.63, 3.8) is 0 Å². The minimum atomic E-state index is 0.786. The standard InChI is InChI=1S/C14H22N4/c1-2-10(1)8-18-9-15-17-14(18)7-11-5-12-3-4-13(6-11)16-12/h9-13,16H,1-8H2. The van der Waals surface area contributed by atoms with Gasteiger partial charge in [-0.25, -0.2) is 0 Å². The fourth-order valence-electron chi connectivity index (χ4n) is 3.77. The van der Waals surface area contributed by atoms with Crippen molar-refractivity contribution in [2.24, 2.45) is 11.8 Å². The summed E-state index contributed by atoms with van der Waals surface area (Å²) in [6, 6.07) is 1.57. The number of hydrogen-bond donors (Lipinski definition) is 1. The zero-order chi connectivity index (χ0) is 11.9. The van der Waals surface area contributed by atoms with E-state index in [4.69, 9.17) is 0 Å². The van der Waals surface area contributed by atoms with E-state index in [1.807, 2.05) is 6.33 Å². The van der Waals surface area contributed by atoms with E-state index in [0.29, 0.717) is 0 Å². The van der Waals surface area contributed by atoms with Crippen molar-refractivity contribution in [1.29, 1.82) is 0 Å². The number of nitrogens with one attached hydrogen (secondary N) is 1. The van der Waals surface area contributed by atoms with Crippen LogP contribution in [0.1, 0.15) is 44.3 Å². The minimum Gasteiger partial charge on any atom is -0.317 e. The second kappa shape index (κ2) is 4.34. The average Bonchev–Trinajstić information content (AvgIpc) is 2.98. The van der Waals surface area contributed by atoms with E-state index in [9.17, 15) is 0 Å². The first kappa shape index (κ1) is 11.0. The van der Waals surface area contributed by atoms with Crippen LogP contribution in [0.15, 0.2) is 6.33 Å². The van der Waals surface area contributed by atoms with Gasteiger partial charge in [0, 0.05) is 25.0 Å². The molecule has 2 aliphatic heterocycles. The molecule has 3 heterocycles. The van der Waals surface area contributed by atoms with E-state index in [1.54, 1.807) is 0 Å².